The van der Waals surface area contributed by atoms with E-state index in [-0.39, 0.29) is 5.56 Å². The van der Waals surface area contributed by atoms with Gasteiger partial charge in [-0.25, -0.2) is 4.79 Å². The molecule has 0 heterocycles. The maximum absolute atomic E-state index is 12.3. The number of hydrogen-bond donors (Lipinski definition) is 1. The molecule has 0 aliphatic heterocycles. The maximum atomic E-state index is 12.3. The first-order chi connectivity index (χ1) is 9.08. The van der Waals surface area contributed by atoms with Crippen LogP contribution >= 0.6 is 0 Å². The number of carboxylic acids is 1. The van der Waals surface area contributed by atoms with Gasteiger partial charge in [-0.1, -0.05) is 42.0 Å². The molecule has 1 atom stereocenters. The zero-order valence-electron chi connectivity index (χ0n) is 10.5. The minimum atomic E-state index is -1.35. The lowest BCUT2D eigenvalue weighted by molar-refractivity contribution is 0.0693. The predicted octanol–water partition coefficient (Wildman–Crippen LogP) is 3.00. The van der Waals surface area contributed by atoms with Crippen LogP contribution in [-0.2, 0) is 16.6 Å². The van der Waals surface area contributed by atoms with Crippen molar-refractivity contribution in [3.63, 3.8) is 0 Å². The van der Waals surface area contributed by atoms with E-state index < -0.39 is 16.8 Å². The summed E-state index contributed by atoms with van der Waals surface area (Å²) in [6.45, 7) is 1.99. The van der Waals surface area contributed by atoms with Crippen molar-refractivity contribution < 1.29 is 14.1 Å². The molecule has 19 heavy (non-hydrogen) atoms. The second kappa shape index (κ2) is 5.80. The van der Waals surface area contributed by atoms with Gasteiger partial charge >= 0.3 is 5.97 Å². The van der Waals surface area contributed by atoms with Crippen LogP contribution in [0.15, 0.2) is 53.4 Å². The lowest BCUT2D eigenvalue weighted by atomic mass is 10.2. The van der Waals surface area contributed by atoms with Crippen molar-refractivity contribution in [1.82, 2.24) is 0 Å². The Morgan fingerprint density at radius 3 is 2.37 bits per heavy atom. The van der Waals surface area contributed by atoms with Crippen molar-refractivity contribution >= 4 is 16.8 Å². The molecular weight excluding hydrogens is 260 g/mol. The standard InChI is InChI=1S/C15H14O3S/c1-11-6-8-12(9-7-11)10-19(18)14-5-3-2-4-13(14)15(16)17/h2-9H,10H2,1H3,(H,16,17). The van der Waals surface area contributed by atoms with Crippen LogP contribution in [0.3, 0.4) is 0 Å². The summed E-state index contributed by atoms with van der Waals surface area (Å²) in [7, 11) is -1.35. The maximum Gasteiger partial charge on any atom is 0.336 e. The Labute approximate surface area is 114 Å². The summed E-state index contributed by atoms with van der Waals surface area (Å²) in [5.41, 5.74) is 2.18. The molecule has 2 aromatic carbocycles. The van der Waals surface area contributed by atoms with Crippen LogP contribution in [0.1, 0.15) is 21.5 Å². The number of carbonyl (C=O) groups is 1. The minimum absolute atomic E-state index is 0.105. The molecule has 4 heteroatoms. The van der Waals surface area contributed by atoms with Crippen LogP contribution in [0.5, 0.6) is 0 Å². The van der Waals surface area contributed by atoms with Gasteiger partial charge in [-0.05, 0) is 24.6 Å². The molecule has 2 rings (SSSR count). The number of aryl methyl sites for hydroxylation is 1. The normalized spacial score (nSPS) is 12.1. The highest BCUT2D eigenvalue weighted by Gasteiger charge is 2.14. The van der Waals surface area contributed by atoms with Crippen molar-refractivity contribution in [1.29, 1.82) is 0 Å². The first-order valence-corrected chi connectivity index (χ1v) is 7.16. The fourth-order valence-electron chi connectivity index (χ4n) is 1.76. The molecular formula is C15H14O3S. The lowest BCUT2D eigenvalue weighted by Gasteiger charge is -2.06. The van der Waals surface area contributed by atoms with E-state index in [2.05, 4.69) is 0 Å². The largest absolute Gasteiger partial charge is 0.478 e. The van der Waals surface area contributed by atoms with E-state index in [1.54, 1.807) is 18.2 Å². The molecule has 0 spiro atoms. The number of rotatable bonds is 4. The molecule has 0 aliphatic rings. The molecule has 0 bridgehead atoms. The average Bonchev–Trinajstić information content (AvgIpc) is 2.41. The van der Waals surface area contributed by atoms with Gasteiger partial charge in [0.25, 0.3) is 0 Å². The van der Waals surface area contributed by atoms with Crippen molar-refractivity contribution in [2.45, 2.75) is 17.6 Å². The minimum Gasteiger partial charge on any atom is -0.478 e. The van der Waals surface area contributed by atoms with Gasteiger partial charge in [0.2, 0.25) is 0 Å². The molecule has 0 saturated carbocycles. The molecule has 3 nitrogen and oxygen atoms in total. The fourth-order valence-corrected chi connectivity index (χ4v) is 3.04. The highest BCUT2D eigenvalue weighted by atomic mass is 32.2. The molecule has 0 amide bonds. The van der Waals surface area contributed by atoms with E-state index in [1.807, 2.05) is 31.2 Å². The quantitative estimate of drug-likeness (QED) is 0.932. The molecule has 0 aliphatic carbocycles. The molecule has 1 unspecified atom stereocenters. The van der Waals surface area contributed by atoms with Gasteiger partial charge < -0.3 is 5.11 Å². The van der Waals surface area contributed by atoms with Gasteiger partial charge in [0.15, 0.2) is 0 Å². The van der Waals surface area contributed by atoms with Gasteiger partial charge in [0, 0.05) is 0 Å². The summed E-state index contributed by atoms with van der Waals surface area (Å²) < 4.78 is 12.3. The summed E-state index contributed by atoms with van der Waals surface area (Å²) in [4.78, 5) is 11.5. The molecule has 0 saturated heterocycles. The Bertz CT molecular complexity index is 618. The second-order valence-corrected chi connectivity index (χ2v) is 5.70. The van der Waals surface area contributed by atoms with E-state index in [4.69, 9.17) is 5.11 Å². The van der Waals surface area contributed by atoms with E-state index in [0.29, 0.717) is 10.6 Å². The summed E-state index contributed by atoms with van der Waals surface area (Å²) in [6, 6.07) is 14.2. The third kappa shape index (κ3) is 3.29. The van der Waals surface area contributed by atoms with Gasteiger partial charge in [-0.15, -0.1) is 0 Å². The zero-order chi connectivity index (χ0) is 13.8. The Morgan fingerprint density at radius 1 is 1.11 bits per heavy atom. The smallest absolute Gasteiger partial charge is 0.336 e. The van der Waals surface area contributed by atoms with Gasteiger partial charge in [0.1, 0.15) is 0 Å². The molecule has 0 aromatic heterocycles. The van der Waals surface area contributed by atoms with E-state index in [1.165, 1.54) is 6.07 Å². The van der Waals surface area contributed by atoms with Crippen LogP contribution < -0.4 is 0 Å². The summed E-state index contributed by atoms with van der Waals surface area (Å²) >= 11 is 0. The van der Waals surface area contributed by atoms with E-state index in [0.717, 1.165) is 11.1 Å². The predicted molar refractivity (Wildman–Crippen MR) is 74.7 cm³/mol. The Kier molecular flexibility index (Phi) is 4.12. The van der Waals surface area contributed by atoms with Crippen LogP contribution in [0, 0.1) is 6.92 Å². The molecule has 1 N–H and O–H groups in total. The van der Waals surface area contributed by atoms with Crippen molar-refractivity contribution in [2.24, 2.45) is 0 Å². The van der Waals surface area contributed by atoms with Crippen molar-refractivity contribution in [3.8, 4) is 0 Å². The zero-order valence-corrected chi connectivity index (χ0v) is 11.3. The second-order valence-electron chi connectivity index (χ2n) is 4.28. The third-order valence-corrected chi connectivity index (χ3v) is 4.22. The average molecular weight is 274 g/mol. The monoisotopic (exact) mass is 274 g/mol. The highest BCUT2D eigenvalue weighted by molar-refractivity contribution is 7.84. The molecule has 2 aromatic rings. The fraction of sp³-hybridized carbons (Fsp3) is 0.133. The summed E-state index contributed by atoms with van der Waals surface area (Å²) in [6.07, 6.45) is 0. The molecule has 0 radical (unpaired) electrons. The van der Waals surface area contributed by atoms with Crippen molar-refractivity contribution in [2.75, 3.05) is 0 Å². The van der Waals surface area contributed by atoms with E-state index in [9.17, 15) is 9.00 Å². The summed E-state index contributed by atoms with van der Waals surface area (Å²) in [5.74, 6) is -0.724. The summed E-state index contributed by atoms with van der Waals surface area (Å²) in [5, 5.41) is 9.08. The van der Waals surface area contributed by atoms with Gasteiger partial charge in [0.05, 0.1) is 27.0 Å². The number of carboxylic acid groups (broad SMARTS) is 1. The number of benzene rings is 2. The first-order valence-electron chi connectivity index (χ1n) is 5.84. The topological polar surface area (TPSA) is 54.4 Å². The number of aromatic carboxylic acids is 1. The Balaban J connectivity index is 2.25. The van der Waals surface area contributed by atoms with Crippen LogP contribution in [0.4, 0.5) is 0 Å². The Hall–Kier alpha value is -1.94. The Morgan fingerprint density at radius 2 is 1.74 bits per heavy atom. The molecule has 0 fully saturated rings. The third-order valence-electron chi connectivity index (χ3n) is 2.78. The number of hydrogen-bond acceptors (Lipinski definition) is 2. The van der Waals surface area contributed by atoms with Crippen LogP contribution in [-0.4, -0.2) is 15.3 Å². The van der Waals surface area contributed by atoms with Gasteiger partial charge in [-0.2, -0.15) is 0 Å². The first kappa shape index (κ1) is 13.5. The SMILES string of the molecule is Cc1ccc(CS(=O)c2ccccc2C(=O)O)cc1. The van der Waals surface area contributed by atoms with Gasteiger partial charge in [-0.3, -0.25) is 4.21 Å². The molecule has 98 valence electrons. The highest BCUT2D eigenvalue weighted by Crippen LogP contribution is 2.17. The van der Waals surface area contributed by atoms with Crippen LogP contribution in [0.25, 0.3) is 0 Å². The lowest BCUT2D eigenvalue weighted by Crippen LogP contribution is -2.05. The van der Waals surface area contributed by atoms with Crippen LogP contribution in [0.2, 0.25) is 0 Å². The van der Waals surface area contributed by atoms with Crippen molar-refractivity contribution in [3.05, 3.63) is 65.2 Å². The van der Waals surface area contributed by atoms with E-state index >= 15 is 0 Å².